The van der Waals surface area contributed by atoms with E-state index >= 15 is 0 Å². The number of hydrogen-bond donors (Lipinski definition) is 1. The molecule has 1 N–H and O–H groups in total. The number of nitrogens with zero attached hydrogens (tertiary/aromatic N) is 3. The summed E-state index contributed by atoms with van der Waals surface area (Å²) < 4.78 is 0. The molecular formula is C29H36N4O. The number of nitrogens with one attached hydrogen (secondary N) is 1. The van der Waals surface area contributed by atoms with Crippen LogP contribution < -0.4 is 5.56 Å². The lowest BCUT2D eigenvalue weighted by molar-refractivity contribution is 0.230. The molecule has 5 heteroatoms. The van der Waals surface area contributed by atoms with Crippen molar-refractivity contribution >= 4 is 11.1 Å². The van der Waals surface area contributed by atoms with Gasteiger partial charge in [-0.1, -0.05) is 42.5 Å². The van der Waals surface area contributed by atoms with Crippen LogP contribution in [0.15, 0.2) is 71.4 Å². The number of rotatable bonds is 7. The first kappa shape index (κ1) is 25.3. The molecule has 0 fully saturated rings. The number of H-pyrrole nitrogens is 1. The van der Waals surface area contributed by atoms with Crippen LogP contribution in [0, 0.1) is 6.92 Å². The van der Waals surface area contributed by atoms with E-state index in [1.54, 1.807) is 13.1 Å². The molecule has 0 saturated carbocycles. The van der Waals surface area contributed by atoms with Gasteiger partial charge >= 0.3 is 0 Å². The molecule has 1 aliphatic rings. The van der Waals surface area contributed by atoms with Gasteiger partial charge in [0.1, 0.15) is 5.82 Å². The van der Waals surface area contributed by atoms with Crippen LogP contribution in [0.25, 0.3) is 11.1 Å². The second-order valence-corrected chi connectivity index (χ2v) is 9.00. The Morgan fingerprint density at radius 2 is 1.94 bits per heavy atom. The van der Waals surface area contributed by atoms with Gasteiger partial charge in [0, 0.05) is 54.8 Å². The summed E-state index contributed by atoms with van der Waals surface area (Å²) in [7, 11) is 0. The second-order valence-electron chi connectivity index (χ2n) is 9.00. The number of allylic oxidation sites excluding steroid dienone is 7. The lowest BCUT2D eigenvalue weighted by Gasteiger charge is -2.35. The molecule has 0 bridgehead atoms. The molecule has 3 rings (SSSR count). The minimum absolute atomic E-state index is 0.0919. The summed E-state index contributed by atoms with van der Waals surface area (Å²) in [6, 6.07) is 2.38. The Balaban J connectivity index is 1.93. The largest absolute Gasteiger partial charge is 0.307 e. The van der Waals surface area contributed by atoms with Crippen molar-refractivity contribution in [1.82, 2.24) is 19.9 Å². The summed E-state index contributed by atoms with van der Waals surface area (Å²) in [5, 5.41) is 0. The van der Waals surface area contributed by atoms with Crippen LogP contribution in [0.4, 0.5) is 0 Å². The van der Waals surface area contributed by atoms with E-state index in [9.17, 15) is 4.79 Å². The van der Waals surface area contributed by atoms with E-state index in [1.165, 1.54) is 16.8 Å². The van der Waals surface area contributed by atoms with Crippen molar-refractivity contribution in [2.24, 2.45) is 0 Å². The molecule has 0 aliphatic carbocycles. The molecule has 5 nitrogen and oxygen atoms in total. The van der Waals surface area contributed by atoms with Gasteiger partial charge in [0.05, 0.1) is 0 Å². The van der Waals surface area contributed by atoms with Crippen LogP contribution in [0.2, 0.25) is 0 Å². The Morgan fingerprint density at radius 1 is 1.18 bits per heavy atom. The van der Waals surface area contributed by atoms with Crippen LogP contribution in [-0.2, 0) is 13.0 Å². The zero-order valence-corrected chi connectivity index (χ0v) is 21.3. The van der Waals surface area contributed by atoms with Crippen LogP contribution in [0.5, 0.6) is 0 Å². The SMILES string of the molecule is C=C(C)/C=C\C(=C/C)c1cnc2c(c1)CN(C(/C=C\C)/C(C)=C(/C)c1ncc(C)c(=O)[nH]1)CC2. The van der Waals surface area contributed by atoms with E-state index in [2.05, 4.69) is 58.7 Å². The van der Waals surface area contributed by atoms with Gasteiger partial charge in [-0.05, 0) is 69.9 Å². The van der Waals surface area contributed by atoms with Gasteiger partial charge in [-0.3, -0.25) is 14.7 Å². The smallest absolute Gasteiger partial charge is 0.254 e. The van der Waals surface area contributed by atoms with Gasteiger partial charge < -0.3 is 4.98 Å². The molecular weight excluding hydrogens is 420 g/mol. The second kappa shape index (κ2) is 11.2. The Bertz CT molecular complexity index is 1240. The van der Waals surface area contributed by atoms with Crippen LogP contribution >= 0.6 is 0 Å². The molecule has 0 saturated heterocycles. The normalized spacial score (nSPS) is 16.6. The first-order chi connectivity index (χ1) is 16.2. The molecule has 0 spiro atoms. The van der Waals surface area contributed by atoms with Gasteiger partial charge in [0.25, 0.3) is 5.56 Å². The van der Waals surface area contributed by atoms with Crippen molar-refractivity contribution in [2.45, 2.75) is 60.5 Å². The standard InChI is InChI=1S/C29H36N4O/c1-8-10-27(21(6)22(7)28-31-16-20(5)29(34)32-28)33-14-13-26-25(18-33)15-24(17-30-26)23(9-2)12-11-19(3)4/h8-12,15-17,27H,3,13-14,18H2,1-2,4-7H3,(H,31,32,34)/b10-8-,12-11-,22-21-,23-9+. The van der Waals surface area contributed by atoms with Crippen molar-refractivity contribution < 1.29 is 0 Å². The van der Waals surface area contributed by atoms with Gasteiger partial charge in [-0.2, -0.15) is 0 Å². The maximum atomic E-state index is 12.1. The summed E-state index contributed by atoms with van der Waals surface area (Å²) in [5.41, 5.74) is 8.41. The van der Waals surface area contributed by atoms with E-state index in [4.69, 9.17) is 4.98 Å². The Labute approximate surface area is 203 Å². The first-order valence-electron chi connectivity index (χ1n) is 11.8. The molecule has 2 aromatic rings. The third-order valence-electron chi connectivity index (χ3n) is 6.40. The fraction of sp³-hybridized carbons (Fsp3) is 0.345. The summed E-state index contributed by atoms with van der Waals surface area (Å²) in [4.78, 5) is 26.8. The molecule has 2 aromatic heterocycles. The number of aromatic nitrogens is 3. The molecule has 178 valence electrons. The van der Waals surface area contributed by atoms with Gasteiger partial charge in [0.2, 0.25) is 0 Å². The fourth-order valence-electron chi connectivity index (χ4n) is 4.21. The number of hydrogen-bond acceptors (Lipinski definition) is 4. The Hall–Kier alpha value is -3.31. The Morgan fingerprint density at radius 3 is 2.59 bits per heavy atom. The average molecular weight is 457 g/mol. The molecule has 1 atom stereocenters. The Kier molecular flexibility index (Phi) is 8.35. The molecule has 3 heterocycles. The number of pyridine rings is 1. The molecule has 34 heavy (non-hydrogen) atoms. The average Bonchev–Trinajstić information content (AvgIpc) is 2.83. The molecule has 1 aliphatic heterocycles. The lowest BCUT2D eigenvalue weighted by atomic mass is 9.95. The molecule has 1 unspecified atom stereocenters. The molecule has 0 aromatic carbocycles. The summed E-state index contributed by atoms with van der Waals surface area (Å²) in [6.07, 6.45) is 15.1. The van der Waals surface area contributed by atoms with Crippen molar-refractivity contribution in [3.8, 4) is 0 Å². The van der Waals surface area contributed by atoms with Gasteiger partial charge in [-0.15, -0.1) is 0 Å². The maximum Gasteiger partial charge on any atom is 0.254 e. The van der Waals surface area contributed by atoms with E-state index in [0.29, 0.717) is 11.4 Å². The topological polar surface area (TPSA) is 61.9 Å². The minimum atomic E-state index is -0.0919. The van der Waals surface area contributed by atoms with Crippen molar-refractivity contribution in [1.29, 1.82) is 0 Å². The highest BCUT2D eigenvalue weighted by molar-refractivity contribution is 5.74. The number of aromatic amines is 1. The summed E-state index contributed by atoms with van der Waals surface area (Å²) in [5.74, 6) is 0.631. The zero-order chi connectivity index (χ0) is 24.8. The lowest BCUT2D eigenvalue weighted by Crippen LogP contribution is -2.39. The fourth-order valence-corrected chi connectivity index (χ4v) is 4.21. The third-order valence-corrected chi connectivity index (χ3v) is 6.40. The highest BCUT2D eigenvalue weighted by Crippen LogP contribution is 2.28. The molecule has 0 radical (unpaired) electrons. The highest BCUT2D eigenvalue weighted by atomic mass is 16.1. The first-order valence-corrected chi connectivity index (χ1v) is 11.8. The van der Waals surface area contributed by atoms with Gasteiger partial charge in [0.15, 0.2) is 0 Å². The summed E-state index contributed by atoms with van der Waals surface area (Å²) in [6.45, 7) is 17.7. The third kappa shape index (κ3) is 5.78. The monoisotopic (exact) mass is 456 g/mol. The van der Waals surface area contributed by atoms with Crippen LogP contribution in [0.1, 0.15) is 62.8 Å². The van der Waals surface area contributed by atoms with E-state index in [-0.39, 0.29) is 11.6 Å². The van der Waals surface area contributed by atoms with E-state index in [1.807, 2.05) is 40.0 Å². The van der Waals surface area contributed by atoms with Crippen molar-refractivity contribution in [3.63, 3.8) is 0 Å². The quantitative estimate of drug-likeness (QED) is 0.422. The predicted octanol–water partition coefficient (Wildman–Crippen LogP) is 5.81. The van der Waals surface area contributed by atoms with Crippen LogP contribution in [0.3, 0.4) is 0 Å². The van der Waals surface area contributed by atoms with Crippen molar-refractivity contribution in [2.75, 3.05) is 6.54 Å². The zero-order valence-electron chi connectivity index (χ0n) is 21.3. The predicted molar refractivity (Wildman–Crippen MR) is 142 cm³/mol. The molecule has 0 amide bonds. The van der Waals surface area contributed by atoms with E-state index < -0.39 is 0 Å². The number of fused-ring (bicyclic) bond motifs is 1. The summed E-state index contributed by atoms with van der Waals surface area (Å²) >= 11 is 0. The van der Waals surface area contributed by atoms with E-state index in [0.717, 1.165) is 41.8 Å². The highest BCUT2D eigenvalue weighted by Gasteiger charge is 2.25. The van der Waals surface area contributed by atoms with Crippen LogP contribution in [-0.4, -0.2) is 32.4 Å². The van der Waals surface area contributed by atoms with Crippen molar-refractivity contribution in [3.05, 3.63) is 105 Å². The number of aryl methyl sites for hydroxylation is 1. The minimum Gasteiger partial charge on any atom is -0.307 e. The maximum absolute atomic E-state index is 12.1. The van der Waals surface area contributed by atoms with Gasteiger partial charge in [-0.25, -0.2) is 4.98 Å².